The maximum atomic E-state index is 13.8. The molecular weight excluding hydrogens is 513 g/mol. The molecule has 1 fully saturated rings. The van der Waals surface area contributed by atoms with Crippen LogP contribution in [-0.2, 0) is 29.1 Å². The Morgan fingerprint density at radius 3 is 2.23 bits per heavy atom. The third-order valence-electron chi connectivity index (χ3n) is 6.92. The number of amides is 4. The maximum absolute atomic E-state index is 13.8. The van der Waals surface area contributed by atoms with Crippen LogP contribution in [0.2, 0.25) is 0 Å². The highest BCUT2D eigenvalue weighted by Gasteiger charge is 2.39. The number of halogens is 1. The molecule has 3 aromatic rings. The number of phenols is 1. The quantitative estimate of drug-likeness (QED) is 0.451. The lowest BCUT2D eigenvalue weighted by Gasteiger charge is -2.44. The number of phenolic OH excluding ortho intramolecular Hbond substituents is 1. The van der Waals surface area contributed by atoms with Gasteiger partial charge in [0.05, 0.1) is 6.54 Å². The van der Waals surface area contributed by atoms with Crippen LogP contribution in [0.4, 0.5) is 9.18 Å². The number of aromatic hydroxyl groups is 1. The molecule has 0 radical (unpaired) electrons. The molecule has 0 bridgehead atoms. The molecule has 1 atom stereocenters. The van der Waals surface area contributed by atoms with Gasteiger partial charge in [-0.15, -0.1) is 0 Å². The van der Waals surface area contributed by atoms with Crippen LogP contribution in [0.25, 0.3) is 0 Å². The van der Waals surface area contributed by atoms with Crippen LogP contribution >= 0.6 is 0 Å². The number of benzene rings is 3. The van der Waals surface area contributed by atoms with Crippen molar-refractivity contribution in [1.82, 2.24) is 25.1 Å². The second-order valence-corrected chi connectivity index (χ2v) is 10.1. The molecule has 3 aromatic carbocycles. The first-order valence-corrected chi connectivity index (χ1v) is 13.0. The van der Waals surface area contributed by atoms with Gasteiger partial charge < -0.3 is 20.2 Å². The van der Waals surface area contributed by atoms with Gasteiger partial charge in [-0.05, 0) is 47.9 Å². The summed E-state index contributed by atoms with van der Waals surface area (Å²) < 4.78 is 13.2. The molecule has 10 heteroatoms. The topological polar surface area (TPSA) is 96.4 Å². The van der Waals surface area contributed by atoms with Crippen molar-refractivity contribution in [2.24, 2.45) is 0 Å². The number of hydrogen-bond donors (Lipinski definition) is 2. The van der Waals surface area contributed by atoms with E-state index < -0.39 is 12.1 Å². The fourth-order valence-corrected chi connectivity index (χ4v) is 4.55. The summed E-state index contributed by atoms with van der Waals surface area (Å²) in [7, 11) is 3.33. The van der Waals surface area contributed by atoms with Gasteiger partial charge in [-0.1, -0.05) is 54.1 Å². The van der Waals surface area contributed by atoms with Crippen molar-refractivity contribution < 1.29 is 23.9 Å². The predicted octanol–water partition coefficient (Wildman–Crippen LogP) is 3.27. The zero-order valence-electron chi connectivity index (χ0n) is 22.9. The van der Waals surface area contributed by atoms with E-state index in [4.69, 9.17) is 0 Å². The van der Waals surface area contributed by atoms with Crippen LogP contribution in [0.3, 0.4) is 0 Å². The van der Waals surface area contributed by atoms with E-state index >= 15 is 0 Å². The first-order valence-electron chi connectivity index (χ1n) is 13.0. The lowest BCUT2D eigenvalue weighted by atomic mass is 10.0. The zero-order valence-corrected chi connectivity index (χ0v) is 22.9. The molecule has 1 aliphatic rings. The number of carbonyl (C=O) groups excluding carboxylic acids is 3. The van der Waals surface area contributed by atoms with Gasteiger partial charge in [0.2, 0.25) is 11.8 Å². The first kappa shape index (κ1) is 28.6. The van der Waals surface area contributed by atoms with Gasteiger partial charge in [-0.2, -0.15) is 0 Å². The van der Waals surface area contributed by atoms with Crippen molar-refractivity contribution in [3.05, 3.63) is 101 Å². The summed E-state index contributed by atoms with van der Waals surface area (Å²) in [6.45, 7) is 2.30. The number of urea groups is 1. The number of hydrazine groups is 1. The predicted molar refractivity (Wildman–Crippen MR) is 148 cm³/mol. The van der Waals surface area contributed by atoms with E-state index in [-0.39, 0.29) is 49.6 Å². The highest BCUT2D eigenvalue weighted by atomic mass is 19.1. The number of likely N-dealkylation sites (N-methyl/N-ethyl adjacent to an activating group) is 2. The van der Waals surface area contributed by atoms with E-state index in [0.717, 1.165) is 22.3 Å². The van der Waals surface area contributed by atoms with Gasteiger partial charge in [0, 0.05) is 33.6 Å². The van der Waals surface area contributed by atoms with Crippen molar-refractivity contribution in [2.75, 3.05) is 27.3 Å². The summed E-state index contributed by atoms with van der Waals surface area (Å²) in [5, 5.41) is 15.4. The summed E-state index contributed by atoms with van der Waals surface area (Å²) in [5.41, 5.74) is 3.56. The standard InChI is InChI=1S/C30H34FN5O4/c1-21-4-6-24(7-5-21)18-33(2)29(39)27(16-22-10-14-26(37)15-11-22)35-20-36(34(3)19-28(35)38)30(40)32-17-23-8-12-25(31)13-9-23/h4-15,27,37H,16-20H2,1-3H3,(H,32,40). The largest absolute Gasteiger partial charge is 0.508 e. The molecule has 40 heavy (non-hydrogen) atoms. The number of carbonyl (C=O) groups is 3. The van der Waals surface area contributed by atoms with Crippen LogP contribution < -0.4 is 5.32 Å². The Hall–Kier alpha value is -4.44. The first-order chi connectivity index (χ1) is 19.1. The summed E-state index contributed by atoms with van der Waals surface area (Å²) >= 11 is 0. The Morgan fingerprint density at radius 2 is 1.57 bits per heavy atom. The average Bonchev–Trinajstić information content (AvgIpc) is 2.93. The Kier molecular flexibility index (Phi) is 9.00. The molecule has 1 aliphatic heterocycles. The highest BCUT2D eigenvalue weighted by Crippen LogP contribution is 2.20. The number of rotatable bonds is 8. The second kappa shape index (κ2) is 12.6. The van der Waals surface area contributed by atoms with E-state index in [1.807, 2.05) is 31.2 Å². The molecule has 4 amide bonds. The minimum atomic E-state index is -0.881. The molecule has 0 spiro atoms. The Balaban J connectivity index is 1.54. The third kappa shape index (κ3) is 7.15. The van der Waals surface area contributed by atoms with Gasteiger partial charge in [-0.25, -0.2) is 19.2 Å². The summed E-state index contributed by atoms with van der Waals surface area (Å²) in [5.74, 6) is -0.816. The SMILES string of the molecule is Cc1ccc(CN(C)C(=O)C(Cc2ccc(O)cc2)N2CN(C(=O)NCc3ccc(F)cc3)N(C)CC2=O)cc1. The Morgan fingerprint density at radius 1 is 0.975 bits per heavy atom. The molecular formula is C30H34FN5O4. The molecule has 0 aliphatic carbocycles. The van der Waals surface area contributed by atoms with Gasteiger partial charge >= 0.3 is 6.03 Å². The number of nitrogens with zero attached hydrogens (tertiary/aromatic N) is 4. The molecule has 1 saturated heterocycles. The van der Waals surface area contributed by atoms with Gasteiger partial charge in [-0.3, -0.25) is 9.59 Å². The third-order valence-corrected chi connectivity index (χ3v) is 6.92. The van der Waals surface area contributed by atoms with Crippen LogP contribution in [0.15, 0.2) is 72.8 Å². The van der Waals surface area contributed by atoms with E-state index in [1.54, 1.807) is 43.3 Å². The normalized spacial score (nSPS) is 14.7. The maximum Gasteiger partial charge on any atom is 0.333 e. The highest BCUT2D eigenvalue weighted by molar-refractivity contribution is 5.89. The molecule has 2 N–H and O–H groups in total. The fraction of sp³-hybridized carbons (Fsp3) is 0.300. The zero-order chi connectivity index (χ0) is 28.8. The Labute approximate surface area is 233 Å². The number of nitrogens with one attached hydrogen (secondary N) is 1. The van der Waals surface area contributed by atoms with Crippen molar-refractivity contribution in [3.63, 3.8) is 0 Å². The summed E-state index contributed by atoms with van der Waals surface area (Å²) in [6.07, 6.45) is 0.206. The lowest BCUT2D eigenvalue weighted by Crippen LogP contribution is -2.65. The molecule has 0 aromatic heterocycles. The molecule has 210 valence electrons. The smallest absolute Gasteiger partial charge is 0.333 e. The van der Waals surface area contributed by atoms with Crippen LogP contribution in [0.5, 0.6) is 5.75 Å². The van der Waals surface area contributed by atoms with Crippen LogP contribution in [-0.4, -0.2) is 76.1 Å². The number of hydrogen-bond acceptors (Lipinski definition) is 5. The molecule has 0 saturated carbocycles. The van der Waals surface area contributed by atoms with Crippen molar-refractivity contribution in [3.8, 4) is 5.75 Å². The molecule has 1 heterocycles. The number of aryl methyl sites for hydroxylation is 1. The van der Waals surface area contributed by atoms with Crippen molar-refractivity contribution in [1.29, 1.82) is 0 Å². The van der Waals surface area contributed by atoms with Gasteiger partial charge in [0.1, 0.15) is 24.3 Å². The molecule has 1 unspecified atom stereocenters. The van der Waals surface area contributed by atoms with E-state index in [2.05, 4.69) is 5.32 Å². The lowest BCUT2D eigenvalue weighted by molar-refractivity contribution is -0.160. The van der Waals surface area contributed by atoms with Crippen LogP contribution in [0.1, 0.15) is 22.3 Å². The van der Waals surface area contributed by atoms with Crippen molar-refractivity contribution >= 4 is 17.8 Å². The van der Waals surface area contributed by atoms with Crippen molar-refractivity contribution in [2.45, 2.75) is 32.5 Å². The molecule has 4 rings (SSSR count). The van der Waals surface area contributed by atoms with Gasteiger partial charge in [0.25, 0.3) is 0 Å². The van der Waals surface area contributed by atoms with Gasteiger partial charge in [0.15, 0.2) is 0 Å². The summed E-state index contributed by atoms with van der Waals surface area (Å²) in [6, 6.07) is 18.9. The van der Waals surface area contributed by atoms with Crippen LogP contribution in [0, 0.1) is 12.7 Å². The summed E-state index contributed by atoms with van der Waals surface area (Å²) in [4.78, 5) is 43.3. The minimum absolute atomic E-state index is 0.0923. The van der Waals surface area contributed by atoms with E-state index in [1.165, 1.54) is 39.2 Å². The van der Waals surface area contributed by atoms with E-state index in [9.17, 15) is 23.9 Å². The second-order valence-electron chi connectivity index (χ2n) is 10.1. The van der Waals surface area contributed by atoms with E-state index in [0.29, 0.717) is 6.54 Å². The average molecular weight is 548 g/mol. The monoisotopic (exact) mass is 547 g/mol. The Bertz CT molecular complexity index is 1330. The minimum Gasteiger partial charge on any atom is -0.508 e. The molecule has 9 nitrogen and oxygen atoms in total. The fourth-order valence-electron chi connectivity index (χ4n) is 4.55.